The number of anilines is 2. The van der Waals surface area contributed by atoms with Crippen LogP contribution in [-0.2, 0) is 19.1 Å². The number of rotatable bonds is 12. The van der Waals surface area contributed by atoms with Gasteiger partial charge in [-0.3, -0.25) is 14.6 Å². The van der Waals surface area contributed by atoms with Crippen molar-refractivity contribution < 1.29 is 32.9 Å². The summed E-state index contributed by atoms with van der Waals surface area (Å²) in [5.74, 6) is 1.53. The average Bonchev–Trinajstić information content (AvgIpc) is 3.74. The van der Waals surface area contributed by atoms with Gasteiger partial charge in [0.2, 0.25) is 11.8 Å². The second-order valence-corrected chi connectivity index (χ2v) is 11.1. The summed E-state index contributed by atoms with van der Waals surface area (Å²) >= 11 is 0. The SMILES string of the molecule is COCC[C@H]1COCC1COc1ccc2c(Oc3ccc(NC(=O)C4(C(=O)Nc5ccc(F)cc5)CC4)nc3)ccnc2c1. The molecule has 0 bridgehead atoms. The fraction of sp³-hybridized carbons (Fsp3) is 0.333. The monoisotopic (exact) mass is 600 g/mol. The van der Waals surface area contributed by atoms with E-state index in [1.807, 2.05) is 18.2 Å². The third-order valence-electron chi connectivity index (χ3n) is 8.09. The molecule has 10 nitrogen and oxygen atoms in total. The number of aromatic nitrogens is 2. The summed E-state index contributed by atoms with van der Waals surface area (Å²) in [4.78, 5) is 34.6. The number of benzene rings is 2. The Morgan fingerprint density at radius 3 is 2.48 bits per heavy atom. The van der Waals surface area contributed by atoms with Gasteiger partial charge in [-0.25, -0.2) is 9.37 Å². The van der Waals surface area contributed by atoms with Crippen molar-refractivity contribution in [1.82, 2.24) is 9.97 Å². The van der Waals surface area contributed by atoms with Crippen LogP contribution in [0.5, 0.6) is 17.2 Å². The molecule has 1 aliphatic carbocycles. The van der Waals surface area contributed by atoms with Gasteiger partial charge in [-0.2, -0.15) is 0 Å². The van der Waals surface area contributed by atoms with Gasteiger partial charge in [0, 0.05) is 49.6 Å². The van der Waals surface area contributed by atoms with E-state index in [1.165, 1.54) is 30.5 Å². The molecule has 1 saturated carbocycles. The fourth-order valence-electron chi connectivity index (χ4n) is 5.24. The van der Waals surface area contributed by atoms with Gasteiger partial charge in [-0.15, -0.1) is 0 Å². The molecule has 6 rings (SSSR count). The molecule has 1 unspecified atom stereocenters. The molecule has 1 aliphatic heterocycles. The Morgan fingerprint density at radius 1 is 0.955 bits per heavy atom. The molecular formula is C33H33FN4O6. The molecule has 2 N–H and O–H groups in total. The number of hydrogen-bond donors (Lipinski definition) is 2. The van der Waals surface area contributed by atoms with Crippen molar-refractivity contribution in [2.75, 3.05) is 44.2 Å². The maximum absolute atomic E-state index is 13.2. The van der Waals surface area contributed by atoms with E-state index < -0.39 is 23.0 Å². The lowest BCUT2D eigenvalue weighted by molar-refractivity contribution is -0.131. The Bertz CT molecular complexity index is 1630. The van der Waals surface area contributed by atoms with Gasteiger partial charge in [0.1, 0.15) is 34.3 Å². The van der Waals surface area contributed by atoms with E-state index in [4.69, 9.17) is 18.9 Å². The Morgan fingerprint density at radius 2 is 1.73 bits per heavy atom. The van der Waals surface area contributed by atoms with Crippen LogP contribution in [-0.4, -0.2) is 55.3 Å². The van der Waals surface area contributed by atoms with Crippen molar-refractivity contribution in [3.8, 4) is 17.2 Å². The number of hydrogen-bond acceptors (Lipinski definition) is 8. The molecule has 4 aromatic rings. The van der Waals surface area contributed by atoms with E-state index in [-0.39, 0.29) is 0 Å². The number of carbonyl (C=O) groups is 2. The first-order valence-corrected chi connectivity index (χ1v) is 14.5. The zero-order chi connectivity index (χ0) is 30.5. The minimum atomic E-state index is -1.18. The van der Waals surface area contributed by atoms with Crippen molar-refractivity contribution in [3.05, 3.63) is 78.9 Å². The van der Waals surface area contributed by atoms with Crippen LogP contribution in [0.25, 0.3) is 10.9 Å². The smallest absolute Gasteiger partial charge is 0.241 e. The lowest BCUT2D eigenvalue weighted by Crippen LogP contribution is -2.35. The fourth-order valence-corrected chi connectivity index (χ4v) is 5.24. The van der Waals surface area contributed by atoms with Gasteiger partial charge >= 0.3 is 0 Å². The number of carbonyl (C=O) groups excluding carboxylic acids is 2. The van der Waals surface area contributed by atoms with Crippen molar-refractivity contribution in [2.45, 2.75) is 19.3 Å². The number of ether oxygens (including phenoxy) is 4. The first-order chi connectivity index (χ1) is 21.4. The van der Waals surface area contributed by atoms with Gasteiger partial charge in [-0.1, -0.05) is 0 Å². The number of nitrogens with one attached hydrogen (secondary N) is 2. The van der Waals surface area contributed by atoms with Crippen LogP contribution in [0.3, 0.4) is 0 Å². The summed E-state index contributed by atoms with van der Waals surface area (Å²) in [6.45, 7) is 2.68. The van der Waals surface area contributed by atoms with Gasteiger partial charge in [0.15, 0.2) is 0 Å². The largest absolute Gasteiger partial charge is 0.493 e. The molecule has 228 valence electrons. The Kier molecular flexibility index (Phi) is 8.67. The second-order valence-electron chi connectivity index (χ2n) is 11.1. The van der Waals surface area contributed by atoms with Crippen LogP contribution in [0.1, 0.15) is 19.3 Å². The maximum atomic E-state index is 13.2. The van der Waals surface area contributed by atoms with Crippen LogP contribution in [0.2, 0.25) is 0 Å². The molecule has 2 aromatic carbocycles. The van der Waals surface area contributed by atoms with E-state index >= 15 is 0 Å². The molecule has 2 amide bonds. The third-order valence-corrected chi connectivity index (χ3v) is 8.09. The summed E-state index contributed by atoms with van der Waals surface area (Å²) in [5.41, 5.74) is -0.0296. The average molecular weight is 601 g/mol. The van der Waals surface area contributed by atoms with Crippen molar-refractivity contribution in [1.29, 1.82) is 0 Å². The Hall–Kier alpha value is -4.61. The zero-order valence-electron chi connectivity index (χ0n) is 24.3. The highest BCUT2D eigenvalue weighted by atomic mass is 19.1. The van der Waals surface area contributed by atoms with Gasteiger partial charge in [0.25, 0.3) is 0 Å². The van der Waals surface area contributed by atoms with Crippen LogP contribution in [0.15, 0.2) is 73.1 Å². The van der Waals surface area contributed by atoms with Gasteiger partial charge in [0.05, 0.1) is 24.9 Å². The Labute approximate surface area is 253 Å². The highest BCUT2D eigenvalue weighted by Crippen LogP contribution is 2.47. The van der Waals surface area contributed by atoms with Crippen LogP contribution in [0, 0.1) is 23.1 Å². The summed E-state index contributed by atoms with van der Waals surface area (Å²) in [5, 5.41) is 6.23. The topological polar surface area (TPSA) is 121 Å². The number of fused-ring (bicyclic) bond motifs is 1. The number of halogens is 1. The van der Waals surface area contributed by atoms with Gasteiger partial charge in [-0.05, 0) is 79.8 Å². The van der Waals surface area contributed by atoms with Crippen LogP contribution in [0.4, 0.5) is 15.9 Å². The lowest BCUT2D eigenvalue weighted by atomic mass is 9.94. The highest BCUT2D eigenvalue weighted by Gasteiger charge is 2.56. The second kappa shape index (κ2) is 12.9. The van der Waals surface area contributed by atoms with Crippen molar-refractivity contribution >= 4 is 34.2 Å². The lowest BCUT2D eigenvalue weighted by Gasteiger charge is -2.18. The minimum absolute atomic E-state index is 0.293. The predicted octanol–water partition coefficient (Wildman–Crippen LogP) is 5.60. The summed E-state index contributed by atoms with van der Waals surface area (Å²) < 4.78 is 36.3. The molecule has 44 heavy (non-hydrogen) atoms. The minimum Gasteiger partial charge on any atom is -0.493 e. The molecule has 0 radical (unpaired) electrons. The predicted molar refractivity (Wildman–Crippen MR) is 161 cm³/mol. The molecular weight excluding hydrogens is 567 g/mol. The maximum Gasteiger partial charge on any atom is 0.241 e. The van der Waals surface area contributed by atoms with E-state index in [1.54, 1.807) is 31.5 Å². The van der Waals surface area contributed by atoms with Crippen LogP contribution >= 0.6 is 0 Å². The van der Waals surface area contributed by atoms with Crippen LogP contribution < -0.4 is 20.1 Å². The molecule has 2 aliphatic rings. The van der Waals surface area contributed by atoms with Gasteiger partial charge < -0.3 is 29.6 Å². The molecule has 2 atom stereocenters. The normalized spacial score (nSPS) is 18.5. The van der Waals surface area contributed by atoms with E-state index in [0.29, 0.717) is 67.5 Å². The van der Waals surface area contributed by atoms with Crippen molar-refractivity contribution in [3.63, 3.8) is 0 Å². The molecule has 0 spiro atoms. The van der Waals surface area contributed by atoms with E-state index in [2.05, 4.69) is 20.6 Å². The number of nitrogens with zero attached hydrogens (tertiary/aromatic N) is 2. The Balaban J connectivity index is 1.06. The summed E-state index contributed by atoms with van der Waals surface area (Å²) in [7, 11) is 1.71. The van der Waals surface area contributed by atoms with Crippen molar-refractivity contribution in [2.24, 2.45) is 17.3 Å². The first-order valence-electron chi connectivity index (χ1n) is 14.5. The number of methoxy groups -OCH3 is 1. The summed E-state index contributed by atoms with van der Waals surface area (Å²) in [6.07, 6.45) is 4.95. The molecule has 2 aromatic heterocycles. The number of pyridine rings is 2. The van der Waals surface area contributed by atoms with E-state index in [0.717, 1.165) is 29.7 Å². The molecule has 1 saturated heterocycles. The number of amides is 2. The quantitative estimate of drug-likeness (QED) is 0.202. The molecule has 11 heteroatoms. The first kappa shape index (κ1) is 29.5. The highest BCUT2D eigenvalue weighted by molar-refractivity contribution is 6.16. The van der Waals surface area contributed by atoms with E-state index in [9.17, 15) is 14.0 Å². The third kappa shape index (κ3) is 6.63. The molecule has 3 heterocycles. The molecule has 2 fully saturated rings. The summed E-state index contributed by atoms with van der Waals surface area (Å²) in [6, 6.07) is 16.2. The zero-order valence-corrected chi connectivity index (χ0v) is 24.3. The standard InChI is InChI=1S/C33H33FN4O6/c1-41-15-11-21-18-42-19-22(21)20-43-25-6-8-27-28(16-25)35-14-10-29(27)44-26-7-9-30(36-17-26)38-32(40)33(12-13-33)31(39)37-24-4-2-23(34)3-5-24/h2-10,14,16-17,21-22H,11-13,15,18-20H2,1H3,(H,37,39)(H,36,38,40)/t21-,22?/m0/s1.